The number of nitrogens with two attached hydrogens (primary N) is 1. The average Bonchev–Trinajstić information content (AvgIpc) is 2.57. The lowest BCUT2D eigenvalue weighted by molar-refractivity contribution is -0.267. The second-order valence-electron chi connectivity index (χ2n) is 5.84. The van der Waals surface area contributed by atoms with Crippen LogP contribution in [0.5, 0.6) is 0 Å². The highest BCUT2D eigenvalue weighted by atomic mass is 32.2. The maximum absolute atomic E-state index is 13.4. The summed E-state index contributed by atoms with van der Waals surface area (Å²) < 4.78 is 64.8. The zero-order chi connectivity index (χ0) is 20.0. The van der Waals surface area contributed by atoms with Crippen molar-refractivity contribution in [2.45, 2.75) is 37.6 Å². The van der Waals surface area contributed by atoms with Crippen molar-refractivity contribution in [2.24, 2.45) is 5.73 Å². The molecular weight excluding hydrogens is 373 g/mol. The van der Waals surface area contributed by atoms with Gasteiger partial charge in [-0.15, -0.1) is 0 Å². The lowest BCUT2D eigenvalue weighted by atomic mass is 9.90. The number of aliphatic hydroxyl groups is 1. The van der Waals surface area contributed by atoms with Crippen molar-refractivity contribution in [1.82, 2.24) is 0 Å². The number of carbonyl (C=O) groups excluding carboxylic acids is 1. The van der Waals surface area contributed by atoms with E-state index in [1.807, 2.05) is 0 Å². The summed E-state index contributed by atoms with van der Waals surface area (Å²) in [5.41, 5.74) is 1.95. The fourth-order valence-corrected chi connectivity index (χ4v) is 3.73. The van der Waals surface area contributed by atoms with Gasteiger partial charge in [0.15, 0.2) is 5.60 Å². The van der Waals surface area contributed by atoms with Crippen LogP contribution in [0.1, 0.15) is 25.3 Å². The minimum atomic E-state index is -4.99. The Morgan fingerprint density at radius 1 is 1.31 bits per heavy atom. The first-order valence-electron chi connectivity index (χ1n) is 7.94. The van der Waals surface area contributed by atoms with Gasteiger partial charge < -0.3 is 15.6 Å². The molecule has 6 nitrogen and oxygen atoms in total. The van der Waals surface area contributed by atoms with Gasteiger partial charge in [0.05, 0.1) is 6.61 Å². The average molecular weight is 396 g/mol. The van der Waals surface area contributed by atoms with E-state index in [4.69, 9.17) is 10.5 Å². The van der Waals surface area contributed by atoms with Crippen LogP contribution in [0.15, 0.2) is 30.3 Å². The van der Waals surface area contributed by atoms with Crippen molar-refractivity contribution in [3.05, 3.63) is 35.9 Å². The number of nitrogens with one attached hydrogen (secondary N) is 1. The molecule has 0 aromatic heterocycles. The molecule has 0 saturated carbocycles. The summed E-state index contributed by atoms with van der Waals surface area (Å²) >= 11 is 0. The summed E-state index contributed by atoms with van der Waals surface area (Å²) in [7, 11) is -3.47. The Morgan fingerprint density at radius 2 is 1.88 bits per heavy atom. The number of halogens is 3. The molecule has 0 saturated heterocycles. The lowest BCUT2D eigenvalue weighted by Crippen LogP contribution is -2.44. The normalized spacial score (nSPS) is 17.8. The van der Waals surface area contributed by atoms with Gasteiger partial charge in [0, 0.05) is 27.7 Å². The van der Waals surface area contributed by atoms with Gasteiger partial charge in [-0.3, -0.25) is 9.57 Å². The maximum atomic E-state index is 13.4. The van der Waals surface area contributed by atoms with Crippen molar-refractivity contribution < 1.29 is 32.0 Å². The second kappa shape index (κ2) is 8.83. The summed E-state index contributed by atoms with van der Waals surface area (Å²) in [6.07, 6.45) is -6.08. The van der Waals surface area contributed by atoms with Crippen LogP contribution in [-0.4, -0.2) is 45.6 Å². The van der Waals surface area contributed by atoms with Gasteiger partial charge in [0.25, 0.3) is 0 Å². The monoisotopic (exact) mass is 396 g/mol. The number of hydrogen-bond acceptors (Lipinski definition) is 6. The van der Waals surface area contributed by atoms with Crippen molar-refractivity contribution >= 4 is 15.7 Å². The van der Waals surface area contributed by atoms with E-state index in [1.54, 1.807) is 6.92 Å². The Hall–Kier alpha value is -1.65. The third kappa shape index (κ3) is 5.96. The van der Waals surface area contributed by atoms with Crippen molar-refractivity contribution in [3.63, 3.8) is 0 Å². The van der Waals surface area contributed by atoms with Crippen LogP contribution in [0, 0.1) is 4.78 Å². The summed E-state index contributed by atoms with van der Waals surface area (Å²) in [6.45, 7) is 1.69. The van der Waals surface area contributed by atoms with Gasteiger partial charge >= 0.3 is 12.1 Å². The molecule has 0 aliphatic heterocycles. The quantitative estimate of drug-likeness (QED) is 0.554. The number of carbonyl (C=O) groups is 1. The summed E-state index contributed by atoms with van der Waals surface area (Å²) in [6, 6.07) is 5.35. The highest BCUT2D eigenvalue weighted by Crippen LogP contribution is 2.41. The molecule has 0 amide bonds. The number of alkyl halides is 3. The molecule has 3 atom stereocenters. The topological polar surface area (TPSA) is 113 Å². The molecule has 0 fully saturated rings. The van der Waals surface area contributed by atoms with E-state index >= 15 is 0 Å². The van der Waals surface area contributed by atoms with Crippen molar-refractivity contribution in [3.8, 4) is 0 Å². The zero-order valence-electron chi connectivity index (χ0n) is 14.3. The molecule has 148 valence electrons. The molecule has 0 spiro atoms. The summed E-state index contributed by atoms with van der Waals surface area (Å²) in [4.78, 5) is 11.4. The van der Waals surface area contributed by atoms with Crippen LogP contribution in [0.2, 0.25) is 0 Å². The molecule has 4 N–H and O–H groups in total. The van der Waals surface area contributed by atoms with E-state index in [0.717, 1.165) is 12.1 Å². The highest BCUT2D eigenvalue weighted by Gasteiger charge is 2.54. The Morgan fingerprint density at radius 3 is 2.38 bits per heavy atom. The van der Waals surface area contributed by atoms with Gasteiger partial charge in [-0.1, -0.05) is 30.3 Å². The Labute approximate surface area is 150 Å². The molecule has 0 unspecified atom stereocenters. The molecule has 0 aliphatic carbocycles. The Kier molecular flexibility index (Phi) is 7.60. The van der Waals surface area contributed by atoms with E-state index in [1.165, 1.54) is 18.2 Å². The first kappa shape index (κ1) is 22.4. The second-order valence-corrected chi connectivity index (χ2v) is 8.28. The molecule has 26 heavy (non-hydrogen) atoms. The minimum absolute atomic E-state index is 0.110. The highest BCUT2D eigenvalue weighted by molar-refractivity contribution is 7.92. The fourth-order valence-electron chi connectivity index (χ4n) is 2.26. The molecule has 0 aliphatic rings. The molecule has 1 aromatic carbocycles. The van der Waals surface area contributed by atoms with Crippen LogP contribution in [0.3, 0.4) is 0 Å². The summed E-state index contributed by atoms with van der Waals surface area (Å²) in [5.74, 6) is -1.78. The smallest absolute Gasteiger partial charge is 0.421 e. The Bertz CT molecular complexity index is 695. The SMILES string of the molecule is CCOC(=O)[C@@H](N)CC[S@@](=N)(=O)CC[C@](O)(c1ccccc1)C(F)(F)F. The van der Waals surface area contributed by atoms with E-state index < -0.39 is 45.7 Å². The first-order valence-corrected chi connectivity index (χ1v) is 9.83. The Balaban J connectivity index is 2.81. The minimum Gasteiger partial charge on any atom is -0.465 e. The molecule has 10 heteroatoms. The van der Waals surface area contributed by atoms with Crippen molar-refractivity contribution in [1.29, 1.82) is 4.78 Å². The number of esters is 1. The van der Waals surface area contributed by atoms with Crippen LogP contribution in [0.4, 0.5) is 13.2 Å². The molecular formula is C16H23F3N2O4S. The third-order valence-electron chi connectivity index (χ3n) is 3.86. The van der Waals surface area contributed by atoms with Gasteiger partial charge in [-0.2, -0.15) is 13.2 Å². The zero-order valence-corrected chi connectivity index (χ0v) is 15.1. The van der Waals surface area contributed by atoms with Gasteiger partial charge in [-0.25, -0.2) is 4.21 Å². The third-order valence-corrected chi connectivity index (χ3v) is 5.62. The number of hydrogen-bond donors (Lipinski definition) is 3. The molecule has 1 rings (SSSR count). The lowest BCUT2D eigenvalue weighted by Gasteiger charge is -2.31. The maximum Gasteiger partial charge on any atom is 0.421 e. The molecule has 0 radical (unpaired) electrons. The molecule has 0 bridgehead atoms. The van der Waals surface area contributed by atoms with E-state index in [9.17, 15) is 27.3 Å². The number of ether oxygens (including phenoxy) is 1. The van der Waals surface area contributed by atoms with Crippen LogP contribution >= 0.6 is 0 Å². The van der Waals surface area contributed by atoms with Crippen LogP contribution in [-0.2, 0) is 24.9 Å². The van der Waals surface area contributed by atoms with E-state index in [0.29, 0.717) is 0 Å². The summed E-state index contributed by atoms with van der Waals surface area (Å²) in [5, 5.41) is 10.2. The molecule has 0 heterocycles. The van der Waals surface area contributed by atoms with Gasteiger partial charge in [0.1, 0.15) is 6.04 Å². The number of rotatable bonds is 9. The van der Waals surface area contributed by atoms with Crippen molar-refractivity contribution in [2.75, 3.05) is 18.1 Å². The first-order chi connectivity index (χ1) is 11.9. The van der Waals surface area contributed by atoms with Crippen LogP contribution in [0.25, 0.3) is 0 Å². The predicted molar refractivity (Wildman–Crippen MR) is 90.8 cm³/mol. The van der Waals surface area contributed by atoms with Gasteiger partial charge in [-0.05, 0) is 18.9 Å². The largest absolute Gasteiger partial charge is 0.465 e. The number of benzene rings is 1. The van der Waals surface area contributed by atoms with Gasteiger partial charge in [0.2, 0.25) is 0 Å². The van der Waals surface area contributed by atoms with Crippen LogP contribution < -0.4 is 5.73 Å². The standard InChI is InChI=1S/C16H23F3N2O4S/c1-2-25-14(22)13(20)8-10-26(21,24)11-9-15(23,16(17,18)19)12-6-4-3-5-7-12/h3-7,13,21,23H,2,8-11,20H2,1H3/t13-,15-,26+/m0/s1. The predicted octanol–water partition coefficient (Wildman–Crippen LogP) is 2.15. The van der Waals surface area contributed by atoms with E-state index in [2.05, 4.69) is 4.74 Å². The molecule has 1 aromatic rings. The fraction of sp³-hybridized carbons (Fsp3) is 0.562. The van der Waals surface area contributed by atoms with E-state index in [-0.39, 0.29) is 24.3 Å².